The number of nitrogens with zero attached hydrogens (tertiary/aromatic N) is 1. The van der Waals surface area contributed by atoms with E-state index < -0.39 is 8.07 Å². The SMILES string of the molecule is CC1(C)c2ccccc2-c2ccc(N(c3ccc(-c4ccc([Si](c5ccccc5)(c5ccccc5)c5ccccc5)cc4)cc3)c3cccc4ccccc34)cc21. The number of rotatable bonds is 8. The van der Waals surface area contributed by atoms with E-state index in [0.717, 1.165) is 11.4 Å². The van der Waals surface area contributed by atoms with Gasteiger partial charge in [0.1, 0.15) is 0 Å². The Hall–Kier alpha value is -6.74. The van der Waals surface area contributed by atoms with E-state index in [-0.39, 0.29) is 5.41 Å². The maximum atomic E-state index is 2.44. The van der Waals surface area contributed by atoms with E-state index in [1.165, 1.54) is 70.6 Å². The van der Waals surface area contributed by atoms with Crippen LogP contribution in [0.25, 0.3) is 33.0 Å². The fraction of sp³-hybridized carbons (Fsp3) is 0.0545. The van der Waals surface area contributed by atoms with E-state index in [4.69, 9.17) is 0 Å². The maximum absolute atomic E-state index is 2.59. The van der Waals surface area contributed by atoms with E-state index in [0.29, 0.717) is 0 Å². The summed E-state index contributed by atoms with van der Waals surface area (Å²) in [4.78, 5) is 2.44. The van der Waals surface area contributed by atoms with Crippen molar-refractivity contribution in [3.63, 3.8) is 0 Å². The van der Waals surface area contributed by atoms with Gasteiger partial charge in [0, 0.05) is 22.2 Å². The molecule has 0 saturated heterocycles. The largest absolute Gasteiger partial charge is 0.310 e. The van der Waals surface area contributed by atoms with Crippen molar-refractivity contribution in [2.45, 2.75) is 19.3 Å². The van der Waals surface area contributed by atoms with E-state index >= 15 is 0 Å². The van der Waals surface area contributed by atoms with Crippen molar-refractivity contribution < 1.29 is 0 Å². The molecule has 272 valence electrons. The molecule has 9 aromatic carbocycles. The van der Waals surface area contributed by atoms with Crippen LogP contribution in [-0.4, -0.2) is 8.07 Å². The third-order valence-corrected chi connectivity index (χ3v) is 17.0. The Morgan fingerprint density at radius 2 is 0.842 bits per heavy atom. The second kappa shape index (κ2) is 14.1. The smallest absolute Gasteiger partial charge is 0.179 e. The molecule has 1 aliphatic carbocycles. The minimum Gasteiger partial charge on any atom is -0.310 e. The highest BCUT2D eigenvalue weighted by Gasteiger charge is 2.41. The summed E-state index contributed by atoms with van der Waals surface area (Å²) in [5, 5.41) is 7.97. The predicted molar refractivity (Wildman–Crippen MR) is 245 cm³/mol. The van der Waals surface area contributed by atoms with Gasteiger partial charge in [0.15, 0.2) is 8.07 Å². The first-order chi connectivity index (χ1) is 28.0. The summed E-state index contributed by atoms with van der Waals surface area (Å²) in [5.74, 6) is 0. The van der Waals surface area contributed by atoms with Gasteiger partial charge in [-0.2, -0.15) is 0 Å². The van der Waals surface area contributed by atoms with Gasteiger partial charge in [0.25, 0.3) is 0 Å². The van der Waals surface area contributed by atoms with Crippen molar-refractivity contribution in [2.24, 2.45) is 0 Å². The minimum atomic E-state index is -2.59. The summed E-state index contributed by atoms with van der Waals surface area (Å²) in [6.45, 7) is 4.71. The third kappa shape index (κ3) is 5.75. The summed E-state index contributed by atoms with van der Waals surface area (Å²) in [6, 6.07) is 83.2. The second-order valence-corrected chi connectivity index (χ2v) is 19.5. The van der Waals surface area contributed by atoms with Crippen LogP contribution in [0.1, 0.15) is 25.0 Å². The highest BCUT2D eigenvalue weighted by molar-refractivity contribution is 7.19. The molecule has 57 heavy (non-hydrogen) atoms. The third-order valence-electron chi connectivity index (χ3n) is 12.2. The molecule has 0 amide bonds. The van der Waals surface area contributed by atoms with Gasteiger partial charge in [-0.1, -0.05) is 208 Å². The molecule has 0 N–H and O–H groups in total. The molecule has 0 radical (unpaired) electrons. The van der Waals surface area contributed by atoms with Gasteiger partial charge in [-0.15, -0.1) is 0 Å². The molecular formula is C55H43NSi. The predicted octanol–water partition coefficient (Wildman–Crippen LogP) is 11.7. The van der Waals surface area contributed by atoms with Gasteiger partial charge in [0.05, 0.1) is 5.69 Å². The first-order valence-corrected chi connectivity index (χ1v) is 21.9. The quantitative estimate of drug-likeness (QED) is 0.111. The first kappa shape index (κ1) is 34.7. The monoisotopic (exact) mass is 745 g/mol. The normalized spacial score (nSPS) is 12.9. The number of hydrogen-bond donors (Lipinski definition) is 0. The van der Waals surface area contributed by atoms with Gasteiger partial charge >= 0.3 is 0 Å². The summed E-state index contributed by atoms with van der Waals surface area (Å²) in [6.07, 6.45) is 0. The number of anilines is 3. The van der Waals surface area contributed by atoms with Crippen molar-refractivity contribution >= 4 is 56.7 Å². The molecule has 0 atom stereocenters. The highest BCUT2D eigenvalue weighted by Crippen LogP contribution is 2.51. The first-order valence-electron chi connectivity index (χ1n) is 19.9. The molecule has 0 aliphatic heterocycles. The molecule has 0 bridgehead atoms. The zero-order valence-electron chi connectivity index (χ0n) is 32.3. The van der Waals surface area contributed by atoms with Crippen LogP contribution in [0.3, 0.4) is 0 Å². The number of benzene rings is 9. The van der Waals surface area contributed by atoms with Crippen LogP contribution in [-0.2, 0) is 5.41 Å². The highest BCUT2D eigenvalue weighted by atomic mass is 28.3. The molecule has 0 spiro atoms. The Morgan fingerprint density at radius 1 is 0.368 bits per heavy atom. The van der Waals surface area contributed by atoms with Crippen molar-refractivity contribution in [2.75, 3.05) is 4.90 Å². The van der Waals surface area contributed by atoms with Gasteiger partial charge in [-0.05, 0) is 89.8 Å². The topological polar surface area (TPSA) is 3.24 Å². The van der Waals surface area contributed by atoms with Crippen LogP contribution >= 0.6 is 0 Å². The van der Waals surface area contributed by atoms with Gasteiger partial charge in [0.2, 0.25) is 0 Å². The molecule has 0 saturated carbocycles. The Balaban J connectivity index is 1.07. The molecule has 1 nitrogen and oxygen atoms in total. The van der Waals surface area contributed by atoms with E-state index in [2.05, 4.69) is 243 Å². The molecule has 0 unspecified atom stereocenters. The van der Waals surface area contributed by atoms with E-state index in [1.807, 2.05) is 0 Å². The summed E-state index contributed by atoms with van der Waals surface area (Å²) < 4.78 is 0. The lowest BCUT2D eigenvalue weighted by molar-refractivity contribution is 0.660. The molecule has 9 aromatic rings. The van der Waals surface area contributed by atoms with E-state index in [1.54, 1.807) is 0 Å². The van der Waals surface area contributed by atoms with Gasteiger partial charge in [-0.25, -0.2) is 0 Å². The molecule has 0 fully saturated rings. The molecule has 0 aromatic heterocycles. The molecule has 0 heterocycles. The average molecular weight is 746 g/mol. The van der Waals surface area contributed by atoms with Crippen molar-refractivity contribution in [3.8, 4) is 22.3 Å². The fourth-order valence-corrected chi connectivity index (χ4v) is 14.2. The van der Waals surface area contributed by atoms with Crippen molar-refractivity contribution in [1.29, 1.82) is 0 Å². The van der Waals surface area contributed by atoms with Crippen molar-refractivity contribution in [1.82, 2.24) is 0 Å². The average Bonchev–Trinajstić information content (AvgIpc) is 3.51. The Bertz CT molecular complexity index is 2740. The van der Waals surface area contributed by atoms with Crippen LogP contribution < -0.4 is 25.6 Å². The minimum absolute atomic E-state index is 0.0929. The van der Waals surface area contributed by atoms with Gasteiger partial charge < -0.3 is 4.90 Å². The maximum Gasteiger partial charge on any atom is 0.179 e. The lowest BCUT2D eigenvalue weighted by Crippen LogP contribution is -2.74. The van der Waals surface area contributed by atoms with Gasteiger partial charge in [-0.3, -0.25) is 0 Å². The van der Waals surface area contributed by atoms with Crippen LogP contribution in [0, 0.1) is 0 Å². The zero-order valence-corrected chi connectivity index (χ0v) is 33.3. The number of fused-ring (bicyclic) bond motifs is 4. The molecule has 2 heteroatoms. The fourth-order valence-electron chi connectivity index (χ4n) is 9.44. The Kier molecular flexibility index (Phi) is 8.58. The molecule has 1 aliphatic rings. The molecule has 10 rings (SSSR count). The zero-order chi connectivity index (χ0) is 38.4. The van der Waals surface area contributed by atoms with Crippen LogP contribution in [0.2, 0.25) is 0 Å². The summed E-state index contributed by atoms with van der Waals surface area (Å²) >= 11 is 0. The summed E-state index contributed by atoms with van der Waals surface area (Å²) in [5.41, 5.74) is 11.2. The lowest BCUT2D eigenvalue weighted by atomic mass is 9.82. The van der Waals surface area contributed by atoms with E-state index in [9.17, 15) is 0 Å². The van der Waals surface area contributed by atoms with Crippen LogP contribution in [0.4, 0.5) is 17.1 Å². The summed E-state index contributed by atoms with van der Waals surface area (Å²) in [7, 11) is -2.59. The Morgan fingerprint density at radius 3 is 1.47 bits per heavy atom. The Labute approximate surface area is 337 Å². The standard InChI is InChI=1S/C55H43NSi/c1-55(2)52-27-15-14-26-50(52)51-38-35-44(39-53(51)55)56(54-28-16-18-42-17-12-13-25-49(42)54)43-33-29-40(30-34-43)41-31-36-48(37-32-41)57(45-19-6-3-7-20-45,46-21-8-4-9-22-46)47-23-10-5-11-24-47/h3-39H,1-2H3. The van der Waals surface area contributed by atoms with Crippen molar-refractivity contribution in [3.05, 3.63) is 236 Å². The molecular weight excluding hydrogens is 703 g/mol. The lowest BCUT2D eigenvalue weighted by Gasteiger charge is -2.34. The van der Waals surface area contributed by atoms with Crippen LogP contribution in [0.15, 0.2) is 224 Å². The number of hydrogen-bond acceptors (Lipinski definition) is 1. The van der Waals surface area contributed by atoms with Crippen LogP contribution in [0.5, 0.6) is 0 Å². The second-order valence-electron chi connectivity index (χ2n) is 15.7.